The van der Waals surface area contributed by atoms with Crippen LogP contribution in [-0.2, 0) is 24.3 Å². The molecule has 154 valence electrons. The summed E-state index contributed by atoms with van der Waals surface area (Å²) in [6, 6.07) is 11.3. The molecule has 0 saturated carbocycles. The van der Waals surface area contributed by atoms with Crippen molar-refractivity contribution in [3.63, 3.8) is 0 Å². The zero-order valence-corrected chi connectivity index (χ0v) is 16.3. The van der Waals surface area contributed by atoms with Crippen molar-refractivity contribution in [3.8, 4) is 0 Å². The van der Waals surface area contributed by atoms with E-state index in [2.05, 4.69) is 16.6 Å². The molecule has 0 aliphatic rings. The molecule has 0 fully saturated rings. The number of nitrogens with one attached hydrogen (secondary N) is 3. The van der Waals surface area contributed by atoms with Crippen molar-refractivity contribution in [1.82, 2.24) is 15.4 Å². The third-order valence-electron chi connectivity index (χ3n) is 3.68. The molecule has 3 N–H and O–H groups in total. The zero-order chi connectivity index (χ0) is 21.3. The van der Waals surface area contributed by atoms with Gasteiger partial charge in [0, 0.05) is 13.1 Å². The first-order chi connectivity index (χ1) is 13.8. The number of urea groups is 1. The van der Waals surface area contributed by atoms with Gasteiger partial charge >= 0.3 is 12.0 Å². The Balaban J connectivity index is 1.77. The van der Waals surface area contributed by atoms with Crippen LogP contribution in [0.25, 0.3) is 10.8 Å². The fourth-order valence-electron chi connectivity index (χ4n) is 2.30. The Morgan fingerprint density at radius 3 is 2.52 bits per heavy atom. The number of hydrogen-bond donors (Lipinski definition) is 3. The number of fused-ring (bicyclic) bond motifs is 1. The summed E-state index contributed by atoms with van der Waals surface area (Å²) >= 11 is 0. The minimum atomic E-state index is -3.80. The number of rotatable bonds is 9. The molecule has 0 atom stereocenters. The monoisotopic (exact) mass is 419 g/mol. The molecule has 10 heteroatoms. The van der Waals surface area contributed by atoms with Crippen LogP contribution in [0.3, 0.4) is 0 Å². The molecule has 2 aromatic carbocycles. The van der Waals surface area contributed by atoms with Crippen molar-refractivity contribution in [1.29, 1.82) is 0 Å². The highest BCUT2D eigenvalue weighted by atomic mass is 32.2. The van der Waals surface area contributed by atoms with Crippen LogP contribution in [0.15, 0.2) is 60.0 Å². The van der Waals surface area contributed by atoms with Gasteiger partial charge in [0.1, 0.15) is 0 Å². The minimum absolute atomic E-state index is 0.0782. The summed E-state index contributed by atoms with van der Waals surface area (Å²) in [6.45, 7) is 2.73. The van der Waals surface area contributed by atoms with E-state index in [1.807, 2.05) is 17.4 Å². The lowest BCUT2D eigenvalue weighted by Crippen LogP contribution is -2.41. The molecule has 0 spiro atoms. The standard InChI is InChI=1S/C19H21N3O6S/c1-2-10-20-19(25)22-17(23)13-28-18(24)9-11-21-29(26,27)16-8-7-14-5-3-4-6-15(14)12-16/h2-8,12,21H,1,9-11,13H2,(H2,20,22,23,25). The Hall–Kier alpha value is -3.24. The van der Waals surface area contributed by atoms with Crippen LogP contribution >= 0.6 is 0 Å². The second-order valence-corrected chi connectivity index (χ2v) is 7.63. The lowest BCUT2D eigenvalue weighted by Gasteiger charge is -2.08. The van der Waals surface area contributed by atoms with Gasteiger partial charge in [-0.15, -0.1) is 6.58 Å². The van der Waals surface area contributed by atoms with Gasteiger partial charge in [-0.2, -0.15) is 0 Å². The van der Waals surface area contributed by atoms with Gasteiger partial charge in [-0.3, -0.25) is 14.9 Å². The van der Waals surface area contributed by atoms with Crippen LogP contribution in [0.5, 0.6) is 0 Å². The number of imide groups is 1. The lowest BCUT2D eigenvalue weighted by atomic mass is 10.1. The molecule has 0 aliphatic heterocycles. The number of sulfonamides is 1. The number of benzene rings is 2. The molecule has 2 aromatic rings. The van der Waals surface area contributed by atoms with Crippen molar-refractivity contribution in [2.24, 2.45) is 0 Å². The molecule has 0 bridgehead atoms. The van der Waals surface area contributed by atoms with Crippen LogP contribution in [0, 0.1) is 0 Å². The number of carbonyl (C=O) groups is 3. The van der Waals surface area contributed by atoms with E-state index in [9.17, 15) is 22.8 Å². The van der Waals surface area contributed by atoms with Gasteiger partial charge in [0.25, 0.3) is 5.91 Å². The Morgan fingerprint density at radius 2 is 1.79 bits per heavy atom. The highest BCUT2D eigenvalue weighted by Gasteiger charge is 2.16. The Morgan fingerprint density at radius 1 is 1.07 bits per heavy atom. The van der Waals surface area contributed by atoms with Crippen molar-refractivity contribution in [3.05, 3.63) is 55.1 Å². The van der Waals surface area contributed by atoms with Gasteiger partial charge in [-0.05, 0) is 22.9 Å². The maximum atomic E-state index is 12.4. The minimum Gasteiger partial charge on any atom is -0.456 e. The number of amides is 3. The van der Waals surface area contributed by atoms with E-state index >= 15 is 0 Å². The molecule has 0 aliphatic carbocycles. The van der Waals surface area contributed by atoms with E-state index < -0.39 is 34.5 Å². The molecule has 29 heavy (non-hydrogen) atoms. The topological polar surface area (TPSA) is 131 Å². The predicted molar refractivity (Wildman–Crippen MR) is 106 cm³/mol. The number of hydrogen-bond acceptors (Lipinski definition) is 6. The quantitative estimate of drug-likeness (QED) is 0.412. The van der Waals surface area contributed by atoms with Crippen molar-refractivity contribution in [2.45, 2.75) is 11.3 Å². The molecule has 2 rings (SSSR count). The summed E-state index contributed by atoms with van der Waals surface area (Å²) in [4.78, 5) is 34.4. The summed E-state index contributed by atoms with van der Waals surface area (Å²) in [6.07, 6.45) is 1.16. The third kappa shape index (κ3) is 7.01. The Kier molecular flexibility index (Phi) is 7.87. The molecular formula is C19H21N3O6S. The van der Waals surface area contributed by atoms with Gasteiger partial charge in [-0.1, -0.05) is 36.4 Å². The Bertz CT molecular complexity index is 1020. The molecule has 9 nitrogen and oxygen atoms in total. The van der Waals surface area contributed by atoms with Crippen LogP contribution in [0.4, 0.5) is 4.79 Å². The van der Waals surface area contributed by atoms with Crippen molar-refractivity contribution in [2.75, 3.05) is 19.7 Å². The molecular weight excluding hydrogens is 398 g/mol. The predicted octanol–water partition coefficient (Wildman–Crippen LogP) is 1.06. The van der Waals surface area contributed by atoms with E-state index in [0.717, 1.165) is 10.8 Å². The van der Waals surface area contributed by atoms with Crippen LogP contribution in [0.2, 0.25) is 0 Å². The second-order valence-electron chi connectivity index (χ2n) is 5.86. The normalized spacial score (nSPS) is 10.9. The molecule has 0 aromatic heterocycles. The van der Waals surface area contributed by atoms with Gasteiger partial charge in [0.2, 0.25) is 10.0 Å². The Labute approximate surface area is 168 Å². The summed E-state index contributed by atoms with van der Waals surface area (Å²) in [5, 5.41) is 5.97. The van der Waals surface area contributed by atoms with Gasteiger partial charge in [0.05, 0.1) is 11.3 Å². The maximum absolute atomic E-state index is 12.4. The number of ether oxygens (including phenoxy) is 1. The molecule has 0 unspecified atom stereocenters. The van der Waals surface area contributed by atoms with E-state index in [1.165, 1.54) is 18.2 Å². The second kappa shape index (κ2) is 10.3. The van der Waals surface area contributed by atoms with Crippen molar-refractivity contribution < 1.29 is 27.5 Å². The molecule has 0 saturated heterocycles. The zero-order valence-electron chi connectivity index (χ0n) is 15.5. The van der Waals surface area contributed by atoms with Crippen LogP contribution in [-0.4, -0.2) is 46.0 Å². The maximum Gasteiger partial charge on any atom is 0.321 e. The third-order valence-corrected chi connectivity index (χ3v) is 5.14. The fraction of sp³-hybridized carbons (Fsp3) is 0.211. The molecule has 3 amide bonds. The summed E-state index contributed by atoms with van der Waals surface area (Å²) < 4.78 is 31.7. The molecule has 0 heterocycles. The summed E-state index contributed by atoms with van der Waals surface area (Å²) in [5.41, 5.74) is 0. The SMILES string of the molecule is C=CCNC(=O)NC(=O)COC(=O)CCNS(=O)(=O)c1ccc2ccccc2c1. The fourth-order valence-corrected chi connectivity index (χ4v) is 3.36. The first kappa shape index (κ1) is 22.1. The first-order valence-corrected chi connectivity index (χ1v) is 10.1. The average molecular weight is 419 g/mol. The van der Waals surface area contributed by atoms with E-state index in [4.69, 9.17) is 4.74 Å². The highest BCUT2D eigenvalue weighted by molar-refractivity contribution is 7.89. The first-order valence-electron chi connectivity index (χ1n) is 8.64. The highest BCUT2D eigenvalue weighted by Crippen LogP contribution is 2.18. The van der Waals surface area contributed by atoms with E-state index in [-0.39, 0.29) is 24.4 Å². The number of esters is 1. The molecule has 0 radical (unpaired) electrons. The van der Waals surface area contributed by atoms with Gasteiger partial charge in [-0.25, -0.2) is 17.9 Å². The van der Waals surface area contributed by atoms with Crippen molar-refractivity contribution >= 4 is 38.7 Å². The van der Waals surface area contributed by atoms with Gasteiger partial charge in [0.15, 0.2) is 6.61 Å². The number of carbonyl (C=O) groups excluding carboxylic acids is 3. The van der Waals surface area contributed by atoms with Crippen LogP contribution in [0.1, 0.15) is 6.42 Å². The van der Waals surface area contributed by atoms with E-state index in [0.29, 0.717) is 0 Å². The van der Waals surface area contributed by atoms with Gasteiger partial charge < -0.3 is 10.1 Å². The summed E-state index contributed by atoms with van der Waals surface area (Å²) in [5.74, 6) is -1.59. The van der Waals surface area contributed by atoms with E-state index in [1.54, 1.807) is 18.2 Å². The average Bonchev–Trinajstić information content (AvgIpc) is 2.70. The smallest absolute Gasteiger partial charge is 0.321 e. The largest absolute Gasteiger partial charge is 0.456 e. The lowest BCUT2D eigenvalue weighted by molar-refractivity contribution is -0.148. The summed E-state index contributed by atoms with van der Waals surface area (Å²) in [7, 11) is -3.80. The van der Waals surface area contributed by atoms with Crippen LogP contribution < -0.4 is 15.4 Å².